The van der Waals surface area contributed by atoms with E-state index in [1.54, 1.807) is 31.2 Å². The summed E-state index contributed by atoms with van der Waals surface area (Å²) in [4.78, 5) is 14.3. The van der Waals surface area contributed by atoms with Crippen LogP contribution in [0.5, 0.6) is 11.5 Å². The lowest BCUT2D eigenvalue weighted by molar-refractivity contribution is 0.0784. The summed E-state index contributed by atoms with van der Waals surface area (Å²) in [5.74, 6) is 0.975. The van der Waals surface area contributed by atoms with Crippen LogP contribution in [0.2, 0.25) is 5.02 Å². The molecule has 0 aliphatic heterocycles. The quantitative estimate of drug-likeness (QED) is 0.685. The van der Waals surface area contributed by atoms with Gasteiger partial charge in [-0.15, -0.1) is 0 Å². The monoisotopic (exact) mass is 411 g/mol. The maximum absolute atomic E-state index is 12.7. The summed E-state index contributed by atoms with van der Waals surface area (Å²) in [6.07, 6.45) is 0. The molecule has 6 heteroatoms. The fourth-order valence-corrected chi connectivity index (χ4v) is 3.05. The number of hydrogen-bond donors (Lipinski definition) is 0. The molecule has 0 saturated carbocycles. The third kappa shape index (κ3) is 4.22. The van der Waals surface area contributed by atoms with Gasteiger partial charge in [0.05, 0.1) is 18.2 Å². The van der Waals surface area contributed by atoms with Crippen LogP contribution in [0.4, 0.5) is 0 Å². The number of hydrogen-bond acceptors (Lipinski definition) is 3. The summed E-state index contributed by atoms with van der Waals surface area (Å²) in [6.45, 7) is 2.82. The highest BCUT2D eigenvalue weighted by atomic mass is 79.9. The van der Waals surface area contributed by atoms with E-state index < -0.39 is 0 Å². The van der Waals surface area contributed by atoms with Crippen LogP contribution in [0.15, 0.2) is 40.9 Å². The topological polar surface area (TPSA) is 38.8 Å². The van der Waals surface area contributed by atoms with Crippen LogP contribution in [0.1, 0.15) is 22.8 Å². The molecule has 128 valence electrons. The second-order valence-electron chi connectivity index (χ2n) is 5.18. The first-order chi connectivity index (χ1) is 11.5. The highest BCUT2D eigenvalue weighted by molar-refractivity contribution is 9.10. The van der Waals surface area contributed by atoms with Crippen molar-refractivity contribution in [2.24, 2.45) is 0 Å². The van der Waals surface area contributed by atoms with Gasteiger partial charge in [-0.05, 0) is 46.6 Å². The van der Waals surface area contributed by atoms with Crippen molar-refractivity contribution in [2.75, 3.05) is 20.8 Å². The molecule has 0 bridgehead atoms. The van der Waals surface area contributed by atoms with E-state index in [-0.39, 0.29) is 5.91 Å². The fourth-order valence-electron chi connectivity index (χ4n) is 2.30. The number of methoxy groups -OCH3 is 1. The third-order valence-electron chi connectivity index (χ3n) is 3.48. The Hall–Kier alpha value is -1.72. The predicted molar refractivity (Wildman–Crippen MR) is 99.1 cm³/mol. The molecule has 0 spiro atoms. The van der Waals surface area contributed by atoms with E-state index in [4.69, 9.17) is 21.1 Å². The van der Waals surface area contributed by atoms with Gasteiger partial charge >= 0.3 is 0 Å². The van der Waals surface area contributed by atoms with E-state index in [0.717, 1.165) is 5.56 Å². The van der Waals surface area contributed by atoms with Gasteiger partial charge in [0.25, 0.3) is 5.91 Å². The lowest BCUT2D eigenvalue weighted by Gasteiger charge is -2.19. The standard InChI is InChI=1S/C18H19BrClNO3/c1-4-24-17-14(19)9-13(10-16(17)23-3)18(22)21(2)11-12-7-5-6-8-15(12)20/h5-10H,4,11H2,1-3H3. The maximum Gasteiger partial charge on any atom is 0.254 e. The molecular formula is C18H19BrClNO3. The molecular weight excluding hydrogens is 394 g/mol. The van der Waals surface area contributed by atoms with Gasteiger partial charge in [0, 0.05) is 24.2 Å². The molecule has 0 aliphatic rings. The number of amides is 1. The first-order valence-electron chi connectivity index (χ1n) is 7.47. The molecule has 0 N–H and O–H groups in total. The van der Waals surface area contributed by atoms with E-state index >= 15 is 0 Å². The molecule has 0 fully saturated rings. The number of carbonyl (C=O) groups excluding carboxylic acids is 1. The molecule has 0 saturated heterocycles. The van der Waals surface area contributed by atoms with Crippen LogP contribution >= 0.6 is 27.5 Å². The Morgan fingerprint density at radius 2 is 2.00 bits per heavy atom. The molecule has 0 unspecified atom stereocenters. The van der Waals surface area contributed by atoms with E-state index in [2.05, 4.69) is 15.9 Å². The number of rotatable bonds is 6. The van der Waals surface area contributed by atoms with Crippen molar-refractivity contribution in [1.82, 2.24) is 4.90 Å². The molecule has 0 atom stereocenters. The van der Waals surface area contributed by atoms with Crippen molar-refractivity contribution >= 4 is 33.4 Å². The molecule has 2 rings (SSSR count). The first-order valence-corrected chi connectivity index (χ1v) is 8.64. The smallest absolute Gasteiger partial charge is 0.254 e. The lowest BCUT2D eigenvalue weighted by Crippen LogP contribution is -2.26. The normalized spacial score (nSPS) is 10.4. The second-order valence-corrected chi connectivity index (χ2v) is 6.44. The summed E-state index contributed by atoms with van der Waals surface area (Å²) >= 11 is 9.60. The Balaban J connectivity index is 2.25. The number of nitrogens with zero attached hydrogens (tertiary/aromatic N) is 1. The zero-order valence-corrected chi connectivity index (χ0v) is 16.1. The van der Waals surface area contributed by atoms with E-state index in [1.165, 1.54) is 0 Å². The highest BCUT2D eigenvalue weighted by Crippen LogP contribution is 2.37. The summed E-state index contributed by atoms with van der Waals surface area (Å²) in [7, 11) is 3.29. The van der Waals surface area contributed by atoms with Crippen molar-refractivity contribution in [2.45, 2.75) is 13.5 Å². The Bertz CT molecular complexity index is 736. The van der Waals surface area contributed by atoms with E-state index in [1.807, 2.05) is 31.2 Å². The SMILES string of the molecule is CCOc1c(Br)cc(C(=O)N(C)Cc2ccccc2Cl)cc1OC. The largest absolute Gasteiger partial charge is 0.493 e. The fraction of sp³-hybridized carbons (Fsp3) is 0.278. The van der Waals surface area contributed by atoms with Gasteiger partial charge in [-0.2, -0.15) is 0 Å². The second kappa shape index (κ2) is 8.40. The number of benzene rings is 2. The number of halogens is 2. The minimum Gasteiger partial charge on any atom is -0.493 e. The van der Waals surface area contributed by atoms with Gasteiger partial charge in [0.1, 0.15) is 0 Å². The van der Waals surface area contributed by atoms with Crippen molar-refractivity contribution in [3.05, 3.63) is 57.0 Å². The lowest BCUT2D eigenvalue weighted by atomic mass is 10.1. The average Bonchev–Trinajstić information content (AvgIpc) is 2.57. The van der Waals surface area contributed by atoms with Crippen molar-refractivity contribution in [1.29, 1.82) is 0 Å². The Morgan fingerprint density at radius 1 is 1.29 bits per heavy atom. The van der Waals surface area contributed by atoms with Crippen LogP contribution in [0.3, 0.4) is 0 Å². The van der Waals surface area contributed by atoms with Crippen molar-refractivity contribution in [3.8, 4) is 11.5 Å². The zero-order valence-electron chi connectivity index (χ0n) is 13.8. The van der Waals surface area contributed by atoms with Crippen molar-refractivity contribution in [3.63, 3.8) is 0 Å². The molecule has 0 heterocycles. The molecule has 1 amide bonds. The Morgan fingerprint density at radius 3 is 2.62 bits per heavy atom. The van der Waals surface area contributed by atoms with Crippen molar-refractivity contribution < 1.29 is 14.3 Å². The minimum absolute atomic E-state index is 0.128. The van der Waals surface area contributed by atoms with Crippen LogP contribution in [0, 0.1) is 0 Å². The molecule has 24 heavy (non-hydrogen) atoms. The predicted octanol–water partition coefficient (Wildman–Crippen LogP) is 4.78. The van der Waals surface area contributed by atoms with E-state index in [9.17, 15) is 4.79 Å². The van der Waals surface area contributed by atoms with Gasteiger partial charge < -0.3 is 14.4 Å². The molecule has 0 aliphatic carbocycles. The van der Waals surface area contributed by atoms with Gasteiger partial charge in [-0.1, -0.05) is 29.8 Å². The number of ether oxygens (including phenoxy) is 2. The van der Waals surface area contributed by atoms with Gasteiger partial charge in [0.2, 0.25) is 0 Å². The Labute approximate surface area is 155 Å². The third-order valence-corrected chi connectivity index (χ3v) is 4.43. The first kappa shape index (κ1) is 18.6. The van der Waals surface area contributed by atoms with Crippen LogP contribution < -0.4 is 9.47 Å². The average molecular weight is 413 g/mol. The molecule has 4 nitrogen and oxygen atoms in total. The summed E-state index contributed by atoms with van der Waals surface area (Å²) in [6, 6.07) is 10.9. The minimum atomic E-state index is -0.128. The summed E-state index contributed by atoms with van der Waals surface area (Å²) in [5, 5.41) is 0.641. The Kier molecular flexibility index (Phi) is 6.52. The van der Waals surface area contributed by atoms with Crippen LogP contribution in [-0.4, -0.2) is 31.6 Å². The highest BCUT2D eigenvalue weighted by Gasteiger charge is 2.18. The zero-order chi connectivity index (χ0) is 17.7. The molecule has 2 aromatic carbocycles. The van der Waals surface area contributed by atoms with Gasteiger partial charge in [-0.25, -0.2) is 0 Å². The molecule has 0 radical (unpaired) electrons. The van der Waals surface area contributed by atoms with Crippen LogP contribution in [-0.2, 0) is 6.54 Å². The number of carbonyl (C=O) groups is 1. The molecule has 2 aromatic rings. The van der Waals surface area contributed by atoms with Gasteiger partial charge in [0.15, 0.2) is 11.5 Å². The van der Waals surface area contributed by atoms with Crippen LogP contribution in [0.25, 0.3) is 0 Å². The maximum atomic E-state index is 12.7. The molecule has 0 aromatic heterocycles. The summed E-state index contributed by atoms with van der Waals surface area (Å²) < 4.78 is 11.6. The summed E-state index contributed by atoms with van der Waals surface area (Å²) in [5.41, 5.74) is 1.41. The van der Waals surface area contributed by atoms with E-state index in [0.29, 0.717) is 39.7 Å². The van der Waals surface area contributed by atoms with Gasteiger partial charge in [-0.3, -0.25) is 4.79 Å².